The lowest BCUT2D eigenvalue weighted by Crippen LogP contribution is -2.58. The molecule has 0 unspecified atom stereocenters. The van der Waals surface area contributed by atoms with Gasteiger partial charge >= 0.3 is 0 Å². The second kappa shape index (κ2) is 6.73. The van der Waals surface area contributed by atoms with E-state index in [0.717, 1.165) is 51.6 Å². The SMILES string of the molecule is CNC1CCN(C(=O)C2(N)CCCCC2)CC1.Cl. The van der Waals surface area contributed by atoms with E-state index in [1.807, 2.05) is 11.9 Å². The van der Waals surface area contributed by atoms with E-state index in [-0.39, 0.29) is 18.3 Å². The van der Waals surface area contributed by atoms with Crippen LogP contribution < -0.4 is 11.1 Å². The molecule has 0 aromatic rings. The molecule has 1 saturated carbocycles. The molecule has 0 spiro atoms. The number of nitrogens with zero attached hydrogens (tertiary/aromatic N) is 1. The highest BCUT2D eigenvalue weighted by Gasteiger charge is 2.39. The van der Waals surface area contributed by atoms with Crippen molar-refractivity contribution in [2.75, 3.05) is 20.1 Å². The van der Waals surface area contributed by atoms with Crippen LogP contribution in [-0.4, -0.2) is 42.5 Å². The van der Waals surface area contributed by atoms with Crippen molar-refractivity contribution in [3.05, 3.63) is 0 Å². The van der Waals surface area contributed by atoms with E-state index in [0.29, 0.717) is 6.04 Å². The summed E-state index contributed by atoms with van der Waals surface area (Å²) in [5.74, 6) is 0.201. The third-order valence-electron chi connectivity index (χ3n) is 4.36. The number of hydrogen-bond acceptors (Lipinski definition) is 3. The van der Waals surface area contributed by atoms with Crippen molar-refractivity contribution < 1.29 is 4.79 Å². The molecule has 0 atom stereocenters. The monoisotopic (exact) mass is 275 g/mol. The summed E-state index contributed by atoms with van der Waals surface area (Å²) in [6.45, 7) is 1.73. The fourth-order valence-corrected chi connectivity index (χ4v) is 3.08. The molecule has 1 amide bonds. The summed E-state index contributed by atoms with van der Waals surface area (Å²) in [4.78, 5) is 14.4. The lowest BCUT2D eigenvalue weighted by atomic mass is 9.81. The second-order valence-corrected chi connectivity index (χ2v) is 5.57. The number of nitrogens with one attached hydrogen (secondary N) is 1. The van der Waals surface area contributed by atoms with Crippen molar-refractivity contribution in [1.29, 1.82) is 0 Å². The maximum atomic E-state index is 12.5. The van der Waals surface area contributed by atoms with Crippen LogP contribution in [0.3, 0.4) is 0 Å². The van der Waals surface area contributed by atoms with Crippen LogP contribution in [0.4, 0.5) is 0 Å². The Hall–Kier alpha value is -0.320. The summed E-state index contributed by atoms with van der Waals surface area (Å²) < 4.78 is 0. The Kier molecular flexibility index (Phi) is 5.89. The summed E-state index contributed by atoms with van der Waals surface area (Å²) in [6.07, 6.45) is 7.30. The van der Waals surface area contributed by atoms with Crippen LogP contribution in [-0.2, 0) is 4.79 Å². The minimum atomic E-state index is -0.551. The topological polar surface area (TPSA) is 58.4 Å². The number of likely N-dealkylation sites (tertiary alicyclic amines) is 1. The van der Waals surface area contributed by atoms with Gasteiger partial charge in [0.15, 0.2) is 0 Å². The normalized spacial score (nSPS) is 24.4. The molecule has 0 bridgehead atoms. The number of hydrogen-bond donors (Lipinski definition) is 2. The Morgan fingerprint density at radius 3 is 2.28 bits per heavy atom. The molecule has 106 valence electrons. The Bertz CT molecular complexity index is 271. The highest BCUT2D eigenvalue weighted by Crippen LogP contribution is 2.28. The van der Waals surface area contributed by atoms with Gasteiger partial charge in [0, 0.05) is 19.1 Å². The maximum Gasteiger partial charge on any atom is 0.242 e. The average molecular weight is 276 g/mol. The molecular weight excluding hydrogens is 250 g/mol. The van der Waals surface area contributed by atoms with Crippen LogP contribution in [0.1, 0.15) is 44.9 Å². The molecule has 2 fully saturated rings. The molecule has 0 radical (unpaired) electrons. The van der Waals surface area contributed by atoms with Crippen LogP contribution in [0.2, 0.25) is 0 Å². The molecular formula is C13H26ClN3O. The van der Waals surface area contributed by atoms with E-state index in [1.54, 1.807) is 0 Å². The van der Waals surface area contributed by atoms with Gasteiger partial charge in [0.05, 0.1) is 5.54 Å². The quantitative estimate of drug-likeness (QED) is 0.798. The van der Waals surface area contributed by atoms with Crippen LogP contribution in [0.25, 0.3) is 0 Å². The van der Waals surface area contributed by atoms with Crippen LogP contribution >= 0.6 is 12.4 Å². The zero-order chi connectivity index (χ0) is 12.3. The van der Waals surface area contributed by atoms with Gasteiger partial charge in [0.2, 0.25) is 5.91 Å². The molecule has 5 heteroatoms. The zero-order valence-corrected chi connectivity index (χ0v) is 12.1. The van der Waals surface area contributed by atoms with Gasteiger partial charge in [0.1, 0.15) is 0 Å². The molecule has 1 heterocycles. The van der Waals surface area contributed by atoms with Gasteiger partial charge in [-0.05, 0) is 32.7 Å². The van der Waals surface area contributed by atoms with Crippen molar-refractivity contribution in [3.63, 3.8) is 0 Å². The van der Waals surface area contributed by atoms with Crippen LogP contribution in [0, 0.1) is 0 Å². The number of rotatable bonds is 2. The zero-order valence-electron chi connectivity index (χ0n) is 11.3. The summed E-state index contributed by atoms with van der Waals surface area (Å²) in [6, 6.07) is 0.569. The first-order chi connectivity index (χ1) is 8.15. The lowest BCUT2D eigenvalue weighted by Gasteiger charge is -2.40. The van der Waals surface area contributed by atoms with Gasteiger partial charge in [-0.3, -0.25) is 4.79 Å². The first-order valence-corrected chi connectivity index (χ1v) is 6.91. The van der Waals surface area contributed by atoms with Crippen LogP contribution in [0.15, 0.2) is 0 Å². The van der Waals surface area contributed by atoms with Crippen molar-refractivity contribution in [1.82, 2.24) is 10.2 Å². The van der Waals surface area contributed by atoms with Gasteiger partial charge in [-0.1, -0.05) is 19.3 Å². The standard InChI is InChI=1S/C13H25N3O.ClH/c1-15-11-5-9-16(10-6-11)12(17)13(14)7-3-2-4-8-13;/h11,15H,2-10,14H2,1H3;1H. The van der Waals surface area contributed by atoms with Crippen molar-refractivity contribution in [2.24, 2.45) is 5.73 Å². The average Bonchev–Trinajstić information content (AvgIpc) is 2.39. The maximum absolute atomic E-state index is 12.5. The predicted molar refractivity (Wildman–Crippen MR) is 75.9 cm³/mol. The Morgan fingerprint density at radius 1 is 1.22 bits per heavy atom. The minimum absolute atomic E-state index is 0. The van der Waals surface area contributed by atoms with Crippen LogP contribution in [0.5, 0.6) is 0 Å². The van der Waals surface area contributed by atoms with Crippen molar-refractivity contribution in [2.45, 2.75) is 56.5 Å². The Labute approximate surface area is 116 Å². The number of carbonyl (C=O) groups excluding carboxylic acids is 1. The van der Waals surface area contributed by atoms with Gasteiger partial charge in [0.25, 0.3) is 0 Å². The lowest BCUT2D eigenvalue weighted by molar-refractivity contribution is -0.139. The van der Waals surface area contributed by atoms with E-state index in [9.17, 15) is 4.79 Å². The molecule has 4 nitrogen and oxygen atoms in total. The van der Waals surface area contributed by atoms with E-state index < -0.39 is 5.54 Å². The Balaban J connectivity index is 0.00000162. The van der Waals surface area contributed by atoms with Gasteiger partial charge in [-0.25, -0.2) is 0 Å². The summed E-state index contributed by atoms with van der Waals surface area (Å²) in [5.41, 5.74) is 5.74. The number of carbonyl (C=O) groups is 1. The molecule has 0 aromatic carbocycles. The minimum Gasteiger partial charge on any atom is -0.341 e. The number of amides is 1. The summed E-state index contributed by atoms with van der Waals surface area (Å²) >= 11 is 0. The highest BCUT2D eigenvalue weighted by atomic mass is 35.5. The first-order valence-electron chi connectivity index (χ1n) is 6.91. The summed E-state index contributed by atoms with van der Waals surface area (Å²) in [5, 5.41) is 3.28. The first kappa shape index (κ1) is 15.7. The Morgan fingerprint density at radius 2 is 1.78 bits per heavy atom. The molecule has 1 aliphatic carbocycles. The third-order valence-corrected chi connectivity index (χ3v) is 4.36. The number of piperidine rings is 1. The molecule has 0 aromatic heterocycles. The van der Waals surface area contributed by atoms with E-state index in [4.69, 9.17) is 5.73 Å². The van der Waals surface area contributed by atoms with Gasteiger partial charge in [-0.15, -0.1) is 12.4 Å². The molecule has 1 aliphatic heterocycles. The number of nitrogens with two attached hydrogens (primary N) is 1. The van der Waals surface area contributed by atoms with E-state index in [2.05, 4.69) is 5.32 Å². The second-order valence-electron chi connectivity index (χ2n) is 5.57. The van der Waals surface area contributed by atoms with E-state index >= 15 is 0 Å². The smallest absolute Gasteiger partial charge is 0.242 e. The molecule has 18 heavy (non-hydrogen) atoms. The van der Waals surface area contributed by atoms with Gasteiger partial charge in [-0.2, -0.15) is 0 Å². The fourth-order valence-electron chi connectivity index (χ4n) is 3.08. The molecule has 3 N–H and O–H groups in total. The van der Waals surface area contributed by atoms with E-state index in [1.165, 1.54) is 6.42 Å². The molecule has 1 saturated heterocycles. The highest BCUT2D eigenvalue weighted by molar-refractivity contribution is 5.86. The third kappa shape index (κ3) is 3.37. The fraction of sp³-hybridized carbons (Fsp3) is 0.923. The predicted octanol–water partition coefficient (Wildman–Crippen LogP) is 1.28. The number of halogens is 1. The van der Waals surface area contributed by atoms with Crippen molar-refractivity contribution >= 4 is 18.3 Å². The van der Waals surface area contributed by atoms with Gasteiger partial charge < -0.3 is 16.0 Å². The van der Waals surface area contributed by atoms with Crippen molar-refractivity contribution in [3.8, 4) is 0 Å². The largest absolute Gasteiger partial charge is 0.341 e. The molecule has 2 aliphatic rings. The molecule has 2 rings (SSSR count). The summed E-state index contributed by atoms with van der Waals surface area (Å²) in [7, 11) is 1.99.